The van der Waals surface area contributed by atoms with Crippen molar-refractivity contribution < 1.29 is 14.3 Å². The molecule has 0 bridgehead atoms. The van der Waals surface area contributed by atoms with Gasteiger partial charge in [-0.15, -0.1) is 11.8 Å². The number of aryl methyl sites for hydroxylation is 1. The molecule has 0 saturated heterocycles. The minimum absolute atomic E-state index is 0.0746. The molecular formula is C23H32N2O3S. The Morgan fingerprint density at radius 2 is 1.83 bits per heavy atom. The first-order valence-corrected chi connectivity index (χ1v) is 10.8. The van der Waals surface area contributed by atoms with Crippen molar-refractivity contribution >= 4 is 30.5 Å². The third kappa shape index (κ3) is 9.94. The van der Waals surface area contributed by atoms with Crippen molar-refractivity contribution in [2.75, 3.05) is 19.9 Å². The number of benzene rings is 1. The van der Waals surface area contributed by atoms with E-state index in [1.165, 1.54) is 17.3 Å². The maximum atomic E-state index is 11.7. The molecule has 1 heterocycles. The van der Waals surface area contributed by atoms with Crippen LogP contribution in [0.15, 0.2) is 47.5 Å². The highest BCUT2D eigenvalue weighted by Crippen LogP contribution is 2.19. The van der Waals surface area contributed by atoms with E-state index in [9.17, 15) is 4.79 Å². The van der Waals surface area contributed by atoms with Crippen molar-refractivity contribution in [3.05, 3.63) is 64.3 Å². The van der Waals surface area contributed by atoms with E-state index < -0.39 is 0 Å². The van der Waals surface area contributed by atoms with Crippen LogP contribution in [0.4, 0.5) is 0 Å². The fraction of sp³-hybridized carbons (Fsp3) is 0.348. The van der Waals surface area contributed by atoms with Crippen LogP contribution in [0.5, 0.6) is 5.75 Å². The highest BCUT2D eigenvalue weighted by Gasteiger charge is 2.05. The van der Waals surface area contributed by atoms with Crippen molar-refractivity contribution in [3.8, 4) is 5.75 Å². The minimum Gasteiger partial charge on any atom is -0.493 e. The second-order valence-electron chi connectivity index (χ2n) is 5.47. The summed E-state index contributed by atoms with van der Waals surface area (Å²) in [6.07, 6.45) is 7.46. The first kappa shape index (κ1) is 26.4. The van der Waals surface area contributed by atoms with Crippen molar-refractivity contribution in [1.29, 1.82) is 0 Å². The molecule has 2 aromatic rings. The fourth-order valence-electron chi connectivity index (χ4n) is 2.24. The molecule has 0 saturated carbocycles. The summed E-state index contributed by atoms with van der Waals surface area (Å²) >= 11 is 1.43. The Morgan fingerprint density at radius 3 is 2.31 bits per heavy atom. The number of aromatic nitrogens is 1. The van der Waals surface area contributed by atoms with Crippen LogP contribution in [0, 0.1) is 0 Å². The lowest BCUT2D eigenvalue weighted by atomic mass is 10.2. The van der Waals surface area contributed by atoms with Gasteiger partial charge < -0.3 is 14.8 Å². The Hall–Kier alpha value is -2.60. The summed E-state index contributed by atoms with van der Waals surface area (Å²) in [5.41, 5.74) is 3.25. The number of amides is 1. The summed E-state index contributed by atoms with van der Waals surface area (Å²) < 4.78 is 5.78. The third-order valence-electron chi connectivity index (χ3n) is 3.77. The number of hydrogen-bond acceptors (Lipinski definition) is 5. The van der Waals surface area contributed by atoms with Crippen LogP contribution in [-0.4, -0.2) is 37.6 Å². The second-order valence-corrected chi connectivity index (χ2v) is 6.32. The molecule has 1 aromatic heterocycles. The number of nitrogens with zero attached hydrogens (tertiary/aromatic N) is 1. The van der Waals surface area contributed by atoms with E-state index in [1.807, 2.05) is 63.4 Å². The van der Waals surface area contributed by atoms with Gasteiger partial charge in [0.1, 0.15) is 12.5 Å². The van der Waals surface area contributed by atoms with Gasteiger partial charge in [-0.05, 0) is 48.1 Å². The lowest BCUT2D eigenvalue weighted by molar-refractivity contribution is -0.116. The molecule has 1 N–H and O–H groups in total. The maximum Gasteiger partial charge on any atom is 0.257 e. The molecule has 0 atom stereocenters. The number of nitrogens with one attached hydrogen (secondary N) is 1. The lowest BCUT2D eigenvalue weighted by Gasteiger charge is -2.07. The van der Waals surface area contributed by atoms with Crippen molar-refractivity contribution in [2.24, 2.45) is 0 Å². The number of likely N-dealkylation sites (N-methyl/N-ethyl adjacent to an activating group) is 1. The van der Waals surface area contributed by atoms with Gasteiger partial charge in [-0.25, -0.2) is 0 Å². The second kappa shape index (κ2) is 16.4. The highest BCUT2D eigenvalue weighted by atomic mass is 32.2. The molecular weight excluding hydrogens is 384 g/mol. The van der Waals surface area contributed by atoms with Gasteiger partial charge in [0.15, 0.2) is 0 Å². The number of ether oxygens (including phenoxy) is 1. The predicted octanol–water partition coefficient (Wildman–Crippen LogP) is 4.56. The summed E-state index contributed by atoms with van der Waals surface area (Å²) in [6, 6.07) is 11.9. The summed E-state index contributed by atoms with van der Waals surface area (Å²) in [5, 5.41) is 2.64. The monoisotopic (exact) mass is 416 g/mol. The largest absolute Gasteiger partial charge is 0.493 e. The summed E-state index contributed by atoms with van der Waals surface area (Å²) in [4.78, 5) is 24.8. The zero-order chi connectivity index (χ0) is 22.1. The van der Waals surface area contributed by atoms with Crippen LogP contribution >= 0.6 is 11.8 Å². The lowest BCUT2D eigenvalue weighted by Crippen LogP contribution is -2.18. The van der Waals surface area contributed by atoms with E-state index in [2.05, 4.69) is 29.4 Å². The Kier molecular flexibility index (Phi) is 14.9. The van der Waals surface area contributed by atoms with Crippen LogP contribution in [0.25, 0.3) is 6.08 Å². The van der Waals surface area contributed by atoms with Crippen LogP contribution in [0.1, 0.15) is 37.6 Å². The minimum atomic E-state index is -0.0746. The van der Waals surface area contributed by atoms with Crippen molar-refractivity contribution in [3.63, 3.8) is 0 Å². The van der Waals surface area contributed by atoms with Gasteiger partial charge in [-0.2, -0.15) is 0 Å². The molecule has 1 amide bonds. The molecule has 0 aliphatic carbocycles. The summed E-state index contributed by atoms with van der Waals surface area (Å²) in [7, 11) is 1.63. The molecule has 0 aliphatic heterocycles. The van der Waals surface area contributed by atoms with E-state index >= 15 is 0 Å². The van der Waals surface area contributed by atoms with Gasteiger partial charge in [-0.3, -0.25) is 9.78 Å². The van der Waals surface area contributed by atoms with Gasteiger partial charge in [0.05, 0.1) is 11.5 Å². The van der Waals surface area contributed by atoms with Gasteiger partial charge >= 0.3 is 0 Å². The van der Waals surface area contributed by atoms with E-state index in [0.717, 1.165) is 29.8 Å². The maximum absolute atomic E-state index is 11.7. The van der Waals surface area contributed by atoms with Crippen LogP contribution in [0.2, 0.25) is 0 Å². The number of carbonyl (C=O) groups is 2. The summed E-state index contributed by atoms with van der Waals surface area (Å²) in [5.74, 6) is 0.738. The van der Waals surface area contributed by atoms with Crippen LogP contribution in [-0.2, 0) is 22.4 Å². The molecule has 6 heteroatoms. The molecule has 0 aliphatic rings. The van der Waals surface area contributed by atoms with Gasteiger partial charge in [0.25, 0.3) is 5.91 Å². The zero-order valence-electron chi connectivity index (χ0n) is 18.0. The van der Waals surface area contributed by atoms with E-state index in [-0.39, 0.29) is 5.91 Å². The van der Waals surface area contributed by atoms with E-state index in [0.29, 0.717) is 11.5 Å². The van der Waals surface area contributed by atoms with Crippen molar-refractivity contribution in [2.45, 2.75) is 33.6 Å². The molecule has 2 rings (SSSR count). The smallest absolute Gasteiger partial charge is 0.257 e. The van der Waals surface area contributed by atoms with Gasteiger partial charge in [0, 0.05) is 25.4 Å². The Labute approximate surface area is 179 Å². The Balaban J connectivity index is 0.00000184. The molecule has 1 aromatic carbocycles. The number of carbonyl (C=O) groups excluding carboxylic acids is 2. The third-order valence-corrected chi connectivity index (χ3v) is 4.51. The highest BCUT2D eigenvalue weighted by molar-refractivity contribution is 8.03. The fourth-order valence-corrected chi connectivity index (χ4v) is 2.78. The molecule has 0 unspecified atom stereocenters. The standard InChI is InChI=1S/C20H24N2O2S.C2H6.CH2O/c1-4-15-5-8-17(22-14-15)11-12-24-18-9-6-16(7-10-18)13-19(25-3)20(23)21-2;2*1-2/h5-10,13-14H,4,11-12H2,1-3H3,(H,21,23);1-2H3;1H2/b19-13-;;. The topological polar surface area (TPSA) is 68.3 Å². The molecule has 0 spiro atoms. The number of pyridine rings is 1. The Morgan fingerprint density at radius 1 is 1.17 bits per heavy atom. The zero-order valence-corrected chi connectivity index (χ0v) is 18.8. The van der Waals surface area contributed by atoms with Gasteiger partial charge in [0.2, 0.25) is 0 Å². The summed E-state index contributed by atoms with van der Waals surface area (Å²) in [6.45, 7) is 8.71. The number of thioether (sulfide) groups is 1. The van der Waals surface area contributed by atoms with Crippen LogP contribution in [0.3, 0.4) is 0 Å². The Bertz CT molecular complexity index is 729. The van der Waals surface area contributed by atoms with Gasteiger partial charge in [-0.1, -0.05) is 39.0 Å². The SMILES string of the molecule is C=O.CC.CCc1ccc(CCOc2ccc(/C=C(\SC)C(=O)NC)cc2)nc1. The predicted molar refractivity (Wildman–Crippen MR) is 123 cm³/mol. The van der Waals surface area contributed by atoms with Crippen molar-refractivity contribution in [1.82, 2.24) is 10.3 Å². The van der Waals surface area contributed by atoms with E-state index in [4.69, 9.17) is 9.53 Å². The van der Waals surface area contributed by atoms with E-state index in [1.54, 1.807) is 7.05 Å². The average molecular weight is 417 g/mol. The molecule has 5 nitrogen and oxygen atoms in total. The van der Waals surface area contributed by atoms with Crippen LogP contribution < -0.4 is 10.1 Å². The molecule has 158 valence electrons. The first-order valence-electron chi connectivity index (χ1n) is 9.59. The first-order chi connectivity index (χ1) is 14.2. The normalized spacial score (nSPS) is 10.0. The average Bonchev–Trinajstić information content (AvgIpc) is 2.81. The number of rotatable bonds is 8. The molecule has 0 fully saturated rings. The molecule has 0 radical (unpaired) electrons. The molecule has 29 heavy (non-hydrogen) atoms. The quantitative estimate of drug-likeness (QED) is 0.639. The number of hydrogen-bond donors (Lipinski definition) is 1.